The molecule has 0 atom stereocenters. The van der Waals surface area contributed by atoms with E-state index in [0.29, 0.717) is 24.3 Å². The van der Waals surface area contributed by atoms with E-state index in [-0.39, 0.29) is 11.7 Å². The molecule has 0 unspecified atom stereocenters. The van der Waals surface area contributed by atoms with Crippen molar-refractivity contribution in [1.82, 2.24) is 4.90 Å². The van der Waals surface area contributed by atoms with Crippen LogP contribution < -0.4 is 10.1 Å². The average molecular weight is 402 g/mol. The van der Waals surface area contributed by atoms with Gasteiger partial charge in [0.2, 0.25) is 0 Å². The van der Waals surface area contributed by atoms with Gasteiger partial charge in [0.1, 0.15) is 0 Å². The van der Waals surface area contributed by atoms with Crippen LogP contribution in [0.4, 0.5) is 10.1 Å². The van der Waals surface area contributed by atoms with Crippen molar-refractivity contribution in [1.29, 1.82) is 0 Å². The third-order valence-electron chi connectivity index (χ3n) is 3.99. The summed E-state index contributed by atoms with van der Waals surface area (Å²) in [6.45, 7) is 3.87. The first-order valence-electron chi connectivity index (χ1n) is 9.16. The summed E-state index contributed by atoms with van der Waals surface area (Å²) in [5.41, 5.74) is 0.855. The molecular weight excluding hydrogens is 379 g/mol. The zero-order chi connectivity index (χ0) is 21.2. The van der Waals surface area contributed by atoms with Crippen molar-refractivity contribution in [3.8, 4) is 5.75 Å². The van der Waals surface area contributed by atoms with E-state index >= 15 is 0 Å². The molecule has 8 heteroatoms. The van der Waals surface area contributed by atoms with Gasteiger partial charge in [0.05, 0.1) is 0 Å². The van der Waals surface area contributed by atoms with E-state index in [0.717, 1.165) is 0 Å². The Hall–Kier alpha value is -3.42. The molecule has 0 radical (unpaired) electrons. The number of ether oxygens (including phenoxy) is 2. The van der Waals surface area contributed by atoms with Crippen molar-refractivity contribution in [2.45, 2.75) is 13.8 Å². The lowest BCUT2D eigenvalue weighted by Crippen LogP contribution is -2.30. The topological polar surface area (TPSA) is 84.9 Å². The van der Waals surface area contributed by atoms with Crippen molar-refractivity contribution >= 4 is 23.5 Å². The van der Waals surface area contributed by atoms with E-state index in [2.05, 4.69) is 5.32 Å². The monoisotopic (exact) mass is 402 g/mol. The van der Waals surface area contributed by atoms with E-state index in [9.17, 15) is 18.8 Å². The van der Waals surface area contributed by atoms with Gasteiger partial charge in [0, 0.05) is 24.3 Å². The molecule has 0 heterocycles. The SMILES string of the molecule is CCN(CC)C(=O)c1cccc(NC(=O)COC(=O)COc2ccccc2F)c1. The fraction of sp³-hybridized carbons (Fsp3) is 0.286. The van der Waals surface area contributed by atoms with E-state index in [1.165, 1.54) is 18.2 Å². The molecule has 2 rings (SSSR count). The van der Waals surface area contributed by atoms with Gasteiger partial charge in [0.15, 0.2) is 24.8 Å². The number of esters is 1. The molecule has 0 spiro atoms. The van der Waals surface area contributed by atoms with E-state index in [1.54, 1.807) is 35.2 Å². The standard InChI is InChI=1S/C21H23FN2O5/c1-3-24(4-2)21(27)15-8-7-9-16(12-15)23-19(25)13-29-20(26)14-28-18-11-6-5-10-17(18)22/h5-12H,3-4,13-14H2,1-2H3,(H,23,25). The maximum Gasteiger partial charge on any atom is 0.344 e. The Morgan fingerprint density at radius 2 is 1.72 bits per heavy atom. The van der Waals surface area contributed by atoms with Crippen molar-refractivity contribution in [2.24, 2.45) is 0 Å². The number of amides is 2. The van der Waals surface area contributed by atoms with E-state index in [1.807, 2.05) is 13.8 Å². The predicted molar refractivity (Wildman–Crippen MR) is 105 cm³/mol. The largest absolute Gasteiger partial charge is 0.479 e. The maximum absolute atomic E-state index is 13.4. The fourth-order valence-corrected chi connectivity index (χ4v) is 2.51. The summed E-state index contributed by atoms with van der Waals surface area (Å²) in [7, 11) is 0. The van der Waals surface area contributed by atoms with Crippen LogP contribution in [0.3, 0.4) is 0 Å². The highest BCUT2D eigenvalue weighted by Crippen LogP contribution is 2.15. The Bertz CT molecular complexity index is 868. The first kappa shape index (κ1) is 21.9. The van der Waals surface area contributed by atoms with Crippen LogP contribution in [-0.4, -0.2) is 49.0 Å². The summed E-state index contributed by atoms with van der Waals surface area (Å²) in [6.07, 6.45) is 0. The smallest absolute Gasteiger partial charge is 0.344 e. The van der Waals surface area contributed by atoms with Gasteiger partial charge in [0.25, 0.3) is 11.8 Å². The first-order chi connectivity index (χ1) is 13.9. The van der Waals surface area contributed by atoms with Crippen LogP contribution in [0.2, 0.25) is 0 Å². The molecule has 0 aliphatic carbocycles. The van der Waals surface area contributed by atoms with Gasteiger partial charge in [-0.3, -0.25) is 9.59 Å². The molecule has 0 aromatic heterocycles. The van der Waals surface area contributed by atoms with Crippen LogP contribution in [0.5, 0.6) is 5.75 Å². The second kappa shape index (κ2) is 10.8. The highest BCUT2D eigenvalue weighted by atomic mass is 19.1. The Labute approximate surface area is 168 Å². The first-order valence-corrected chi connectivity index (χ1v) is 9.16. The number of rotatable bonds is 9. The summed E-state index contributed by atoms with van der Waals surface area (Å²) >= 11 is 0. The van der Waals surface area contributed by atoms with E-state index in [4.69, 9.17) is 9.47 Å². The number of halogens is 1. The molecule has 0 saturated carbocycles. The maximum atomic E-state index is 13.4. The predicted octanol–water partition coefficient (Wildman–Crippen LogP) is 2.87. The molecule has 154 valence electrons. The van der Waals surface area contributed by atoms with E-state index < -0.39 is 30.9 Å². The average Bonchev–Trinajstić information content (AvgIpc) is 2.72. The Morgan fingerprint density at radius 3 is 2.41 bits per heavy atom. The number of carbonyl (C=O) groups is 3. The minimum Gasteiger partial charge on any atom is -0.479 e. The molecule has 0 aliphatic heterocycles. The third kappa shape index (κ3) is 6.60. The van der Waals surface area contributed by atoms with Crippen molar-refractivity contribution in [3.05, 3.63) is 59.9 Å². The van der Waals surface area contributed by atoms with Crippen LogP contribution in [0.1, 0.15) is 24.2 Å². The minimum atomic E-state index is -0.811. The normalized spacial score (nSPS) is 10.2. The molecule has 2 aromatic rings. The van der Waals surface area contributed by atoms with Crippen molar-refractivity contribution in [2.75, 3.05) is 31.6 Å². The molecule has 7 nitrogen and oxygen atoms in total. The molecule has 0 fully saturated rings. The molecular formula is C21H23FN2O5. The van der Waals surface area contributed by atoms with Gasteiger partial charge in [-0.25, -0.2) is 9.18 Å². The molecule has 1 N–H and O–H groups in total. The summed E-state index contributed by atoms with van der Waals surface area (Å²) in [6, 6.07) is 12.1. The quantitative estimate of drug-likeness (QED) is 0.652. The summed E-state index contributed by atoms with van der Waals surface area (Å²) in [5.74, 6) is -2.20. The lowest BCUT2D eigenvalue weighted by Gasteiger charge is -2.19. The summed E-state index contributed by atoms with van der Waals surface area (Å²) < 4.78 is 23.2. The lowest BCUT2D eigenvalue weighted by molar-refractivity contribution is -0.149. The summed E-state index contributed by atoms with van der Waals surface area (Å²) in [5, 5.41) is 2.56. The van der Waals surface area contributed by atoms with Crippen LogP contribution in [0, 0.1) is 5.82 Å². The third-order valence-corrected chi connectivity index (χ3v) is 3.99. The molecule has 0 aliphatic rings. The number of nitrogens with one attached hydrogen (secondary N) is 1. The Balaban J connectivity index is 1.83. The number of nitrogens with zero attached hydrogens (tertiary/aromatic N) is 1. The van der Waals surface area contributed by atoms with Gasteiger partial charge >= 0.3 is 5.97 Å². The van der Waals surface area contributed by atoms with Crippen LogP contribution in [0.25, 0.3) is 0 Å². The van der Waals surface area contributed by atoms with Gasteiger partial charge in [-0.1, -0.05) is 18.2 Å². The zero-order valence-corrected chi connectivity index (χ0v) is 16.3. The Kier molecular flexibility index (Phi) is 8.14. The number of hydrogen-bond acceptors (Lipinski definition) is 5. The van der Waals surface area contributed by atoms with Gasteiger partial charge in [-0.2, -0.15) is 0 Å². The number of anilines is 1. The number of benzene rings is 2. The molecule has 2 aromatic carbocycles. The summed E-state index contributed by atoms with van der Waals surface area (Å²) in [4.78, 5) is 37.7. The number of para-hydroxylation sites is 1. The number of hydrogen-bond donors (Lipinski definition) is 1. The second-order valence-corrected chi connectivity index (χ2v) is 5.99. The Morgan fingerprint density at radius 1 is 1.00 bits per heavy atom. The molecule has 0 bridgehead atoms. The minimum absolute atomic E-state index is 0.0800. The molecule has 2 amide bonds. The van der Waals surface area contributed by atoms with Crippen LogP contribution >= 0.6 is 0 Å². The highest BCUT2D eigenvalue weighted by molar-refractivity contribution is 5.97. The number of carbonyl (C=O) groups excluding carboxylic acids is 3. The highest BCUT2D eigenvalue weighted by Gasteiger charge is 2.14. The van der Waals surface area contributed by atoms with Gasteiger partial charge < -0.3 is 19.7 Å². The van der Waals surface area contributed by atoms with Crippen LogP contribution in [-0.2, 0) is 14.3 Å². The molecule has 29 heavy (non-hydrogen) atoms. The van der Waals surface area contributed by atoms with Crippen molar-refractivity contribution in [3.63, 3.8) is 0 Å². The fourth-order valence-electron chi connectivity index (χ4n) is 2.51. The van der Waals surface area contributed by atoms with Crippen LogP contribution in [0.15, 0.2) is 48.5 Å². The lowest BCUT2D eigenvalue weighted by atomic mass is 10.1. The van der Waals surface area contributed by atoms with Gasteiger partial charge in [-0.15, -0.1) is 0 Å². The zero-order valence-electron chi connectivity index (χ0n) is 16.3. The van der Waals surface area contributed by atoms with Gasteiger partial charge in [-0.05, 0) is 44.2 Å². The van der Waals surface area contributed by atoms with Crippen molar-refractivity contribution < 1.29 is 28.2 Å². The second-order valence-electron chi connectivity index (χ2n) is 5.99. The molecule has 0 saturated heterocycles.